The zero-order valence-corrected chi connectivity index (χ0v) is 32.7. The lowest BCUT2D eigenvalue weighted by atomic mass is 10.2. The second kappa shape index (κ2) is 26.6. The van der Waals surface area contributed by atoms with Gasteiger partial charge in [0.2, 0.25) is 17.7 Å². The Bertz CT molecular complexity index is 1670. The second-order valence-corrected chi connectivity index (χ2v) is 13.4. The highest BCUT2D eigenvalue weighted by Crippen LogP contribution is 2.05. The molecule has 0 bridgehead atoms. The monoisotopic (exact) mass is 815 g/mol. The van der Waals surface area contributed by atoms with Gasteiger partial charge in [-0.3, -0.25) is 19.3 Å². The molecule has 0 radical (unpaired) electrons. The maximum Gasteiger partial charge on any atom is 0.382 e. The normalized spacial score (nSPS) is 10.9. The Labute approximate surface area is 335 Å². The Hall–Kier alpha value is -6.19. The van der Waals surface area contributed by atoms with Gasteiger partial charge in [0.05, 0.1) is 18.6 Å². The SMILES string of the molecule is O=C(CCCCCNc1ccn(O)c(=O)n1)NCCN(CCNC(=O)CCCCCNc1ccn(O)c(=O)n1)CCNC(=O)CCCCCNc1ccn(O)c(=O)n1. The van der Waals surface area contributed by atoms with Crippen molar-refractivity contribution < 1.29 is 30.0 Å². The fourth-order valence-corrected chi connectivity index (χ4v) is 5.56. The van der Waals surface area contributed by atoms with E-state index in [1.807, 2.05) is 0 Å². The summed E-state index contributed by atoms with van der Waals surface area (Å²) in [4.78, 5) is 84.8. The predicted octanol–water partition coefficient (Wildman–Crippen LogP) is 0.0365. The van der Waals surface area contributed by atoms with Crippen molar-refractivity contribution in [3.05, 3.63) is 68.2 Å². The number of anilines is 3. The molecule has 0 aliphatic rings. The van der Waals surface area contributed by atoms with Crippen molar-refractivity contribution in [2.75, 3.05) is 74.9 Å². The van der Waals surface area contributed by atoms with Crippen LogP contribution in [0.3, 0.4) is 0 Å². The summed E-state index contributed by atoms with van der Waals surface area (Å²) in [6.07, 6.45) is 11.4. The molecule has 3 aromatic rings. The van der Waals surface area contributed by atoms with Gasteiger partial charge in [-0.25, -0.2) is 14.4 Å². The minimum atomic E-state index is -0.768. The Morgan fingerprint density at radius 3 is 1.03 bits per heavy atom. The Kier molecular flexibility index (Phi) is 21.2. The molecule has 0 atom stereocenters. The first kappa shape index (κ1) is 46.2. The lowest BCUT2D eigenvalue weighted by Crippen LogP contribution is -2.43. The molecule has 22 heteroatoms. The van der Waals surface area contributed by atoms with E-state index in [1.165, 1.54) is 36.8 Å². The summed E-state index contributed by atoms with van der Waals surface area (Å²) in [5, 5.41) is 45.5. The highest BCUT2D eigenvalue weighted by atomic mass is 16.5. The fraction of sp³-hybridized carbons (Fsp3) is 0.583. The summed E-state index contributed by atoms with van der Waals surface area (Å²) in [6, 6.07) is 4.47. The van der Waals surface area contributed by atoms with Crippen LogP contribution in [0.25, 0.3) is 0 Å². The van der Waals surface area contributed by atoms with E-state index in [4.69, 9.17) is 0 Å². The van der Waals surface area contributed by atoms with Gasteiger partial charge in [0, 0.05) is 96.4 Å². The summed E-state index contributed by atoms with van der Waals surface area (Å²) in [7, 11) is 0. The number of unbranched alkanes of at least 4 members (excludes halogenated alkanes) is 6. The van der Waals surface area contributed by atoms with E-state index in [-0.39, 0.29) is 17.7 Å². The number of aromatic nitrogens is 6. The fourth-order valence-electron chi connectivity index (χ4n) is 5.56. The van der Waals surface area contributed by atoms with Crippen LogP contribution >= 0.6 is 0 Å². The van der Waals surface area contributed by atoms with Gasteiger partial charge in [-0.2, -0.15) is 15.0 Å². The number of nitrogens with one attached hydrogen (secondary N) is 6. The number of hydrogen-bond donors (Lipinski definition) is 9. The topological polar surface area (TPSA) is 292 Å². The van der Waals surface area contributed by atoms with Crippen LogP contribution in [-0.4, -0.2) is 126 Å². The van der Waals surface area contributed by atoms with Crippen LogP contribution in [0.15, 0.2) is 51.2 Å². The quantitative estimate of drug-likeness (QED) is 0.0317. The molecule has 9 N–H and O–H groups in total. The Balaban J connectivity index is 1.30. The van der Waals surface area contributed by atoms with E-state index >= 15 is 0 Å². The Morgan fingerprint density at radius 2 is 0.759 bits per heavy atom. The standard InChI is InChI=1S/C36H57N13O9/c50-31(10-4-1-7-16-37-28-13-22-47(56)34(53)43-28)40-19-25-46(26-20-41-32(51)11-5-2-8-17-38-29-14-23-48(57)35(54)44-29)27-21-42-33(52)12-6-3-9-18-39-30-15-24-49(58)36(55)45-30/h13-15,22-24,56-58H,1-12,16-21,25-27H2,(H,40,50)(H,41,51)(H,42,52)(H,37,43,53)(H,38,44,54)(H,39,45,55). The smallest absolute Gasteiger partial charge is 0.382 e. The first-order valence-electron chi connectivity index (χ1n) is 19.6. The van der Waals surface area contributed by atoms with E-state index in [2.05, 4.69) is 51.8 Å². The molecule has 58 heavy (non-hydrogen) atoms. The van der Waals surface area contributed by atoms with Crippen molar-refractivity contribution in [1.29, 1.82) is 0 Å². The highest BCUT2D eigenvalue weighted by molar-refractivity contribution is 5.76. The highest BCUT2D eigenvalue weighted by Gasteiger charge is 2.10. The van der Waals surface area contributed by atoms with Crippen LogP contribution in [0.1, 0.15) is 77.0 Å². The van der Waals surface area contributed by atoms with E-state index in [0.717, 1.165) is 38.5 Å². The van der Waals surface area contributed by atoms with E-state index in [9.17, 15) is 44.4 Å². The number of nitrogens with zero attached hydrogens (tertiary/aromatic N) is 7. The van der Waals surface area contributed by atoms with Crippen molar-refractivity contribution in [3.8, 4) is 0 Å². The number of rotatable bonds is 30. The van der Waals surface area contributed by atoms with E-state index in [1.54, 1.807) is 0 Å². The van der Waals surface area contributed by atoms with Gasteiger partial charge in [0.1, 0.15) is 17.5 Å². The molecule has 0 saturated heterocycles. The molecule has 22 nitrogen and oxygen atoms in total. The molecule has 0 fully saturated rings. The molecular weight excluding hydrogens is 758 g/mol. The first-order valence-corrected chi connectivity index (χ1v) is 19.6. The molecule has 0 aliphatic carbocycles. The summed E-state index contributed by atoms with van der Waals surface area (Å²) in [6.45, 7) is 4.45. The van der Waals surface area contributed by atoms with Crippen LogP contribution in [0, 0.1) is 0 Å². The van der Waals surface area contributed by atoms with Crippen LogP contribution in [0.2, 0.25) is 0 Å². The summed E-state index contributed by atoms with van der Waals surface area (Å²) < 4.78 is 1.20. The minimum Gasteiger partial charge on any atom is -0.424 e. The third kappa shape index (κ3) is 19.6. The lowest BCUT2D eigenvalue weighted by Gasteiger charge is -2.23. The molecule has 3 aromatic heterocycles. The largest absolute Gasteiger partial charge is 0.424 e. The zero-order valence-electron chi connectivity index (χ0n) is 32.7. The van der Waals surface area contributed by atoms with Gasteiger partial charge < -0.3 is 47.5 Å². The third-order valence-corrected chi connectivity index (χ3v) is 8.77. The number of amides is 3. The average molecular weight is 816 g/mol. The van der Waals surface area contributed by atoms with Gasteiger partial charge in [-0.15, -0.1) is 14.2 Å². The maximum atomic E-state index is 12.5. The molecule has 0 spiro atoms. The van der Waals surface area contributed by atoms with E-state index < -0.39 is 17.1 Å². The third-order valence-electron chi connectivity index (χ3n) is 8.77. The van der Waals surface area contributed by atoms with Gasteiger partial charge >= 0.3 is 17.1 Å². The molecule has 3 amide bonds. The number of hydrogen-bond acceptors (Lipinski definition) is 16. The summed E-state index contributed by atoms with van der Waals surface area (Å²) >= 11 is 0. The number of carbonyl (C=O) groups excluding carboxylic acids is 3. The van der Waals surface area contributed by atoms with Crippen molar-refractivity contribution in [2.24, 2.45) is 0 Å². The molecule has 3 heterocycles. The van der Waals surface area contributed by atoms with Crippen LogP contribution in [0.4, 0.5) is 17.5 Å². The molecule has 0 aromatic carbocycles. The van der Waals surface area contributed by atoms with E-state index in [0.29, 0.717) is 129 Å². The Morgan fingerprint density at radius 1 is 0.466 bits per heavy atom. The van der Waals surface area contributed by atoms with Crippen molar-refractivity contribution >= 4 is 35.2 Å². The molecular formula is C36H57N13O9. The molecule has 3 rings (SSSR count). The minimum absolute atomic E-state index is 0.0740. The van der Waals surface area contributed by atoms with Crippen LogP contribution in [0.5, 0.6) is 0 Å². The van der Waals surface area contributed by atoms with Gasteiger partial charge in [-0.1, -0.05) is 19.3 Å². The van der Waals surface area contributed by atoms with Crippen molar-refractivity contribution in [2.45, 2.75) is 77.0 Å². The van der Waals surface area contributed by atoms with Gasteiger partial charge in [0.15, 0.2) is 0 Å². The van der Waals surface area contributed by atoms with Crippen LogP contribution < -0.4 is 49.0 Å². The first-order chi connectivity index (χ1) is 28.0. The van der Waals surface area contributed by atoms with Crippen molar-refractivity contribution in [1.82, 2.24) is 50.0 Å². The summed E-state index contributed by atoms with van der Waals surface area (Å²) in [5.74, 6) is 0.889. The van der Waals surface area contributed by atoms with Gasteiger partial charge in [0.25, 0.3) is 0 Å². The lowest BCUT2D eigenvalue weighted by molar-refractivity contribution is -0.121. The van der Waals surface area contributed by atoms with Gasteiger partial charge in [-0.05, 0) is 38.5 Å². The molecule has 0 unspecified atom stereocenters. The molecule has 0 aliphatic heterocycles. The zero-order chi connectivity index (χ0) is 42.0. The molecule has 320 valence electrons. The molecule has 0 saturated carbocycles. The number of carbonyl (C=O) groups is 3. The maximum absolute atomic E-state index is 12.5. The summed E-state index contributed by atoms with van der Waals surface area (Å²) in [5.41, 5.74) is -2.30. The van der Waals surface area contributed by atoms with Crippen LogP contribution in [-0.2, 0) is 14.4 Å². The average Bonchev–Trinajstić information content (AvgIpc) is 3.19. The van der Waals surface area contributed by atoms with Crippen molar-refractivity contribution in [3.63, 3.8) is 0 Å². The second-order valence-electron chi connectivity index (χ2n) is 13.4. The predicted molar refractivity (Wildman–Crippen MR) is 213 cm³/mol.